The Morgan fingerprint density at radius 1 is 1.03 bits per heavy atom. The zero-order valence-electron chi connectivity index (χ0n) is 20.7. The van der Waals surface area contributed by atoms with Crippen LogP contribution in [0.2, 0.25) is 0 Å². The summed E-state index contributed by atoms with van der Waals surface area (Å²) in [6.07, 6.45) is 1.63. The van der Waals surface area contributed by atoms with Gasteiger partial charge >= 0.3 is 0 Å². The van der Waals surface area contributed by atoms with Crippen molar-refractivity contribution in [3.8, 4) is 5.75 Å². The van der Waals surface area contributed by atoms with Crippen molar-refractivity contribution in [1.82, 2.24) is 14.3 Å². The average molecular weight is 519 g/mol. The molecule has 1 aromatic heterocycles. The number of nitrogens with zero attached hydrogens (tertiary/aromatic N) is 2. The Morgan fingerprint density at radius 2 is 1.73 bits per heavy atom. The number of amides is 1. The van der Waals surface area contributed by atoms with Gasteiger partial charge in [0.2, 0.25) is 15.9 Å². The summed E-state index contributed by atoms with van der Waals surface area (Å²) in [5.41, 5.74) is 3.35. The van der Waals surface area contributed by atoms with E-state index in [1.54, 1.807) is 24.3 Å². The number of piperidine rings is 1. The van der Waals surface area contributed by atoms with Gasteiger partial charge < -0.3 is 15.0 Å². The van der Waals surface area contributed by atoms with Crippen molar-refractivity contribution in [2.45, 2.75) is 37.0 Å². The number of aromatic nitrogens is 2. The van der Waals surface area contributed by atoms with Crippen molar-refractivity contribution in [2.24, 2.45) is 0 Å². The molecular weight excluding hydrogens is 488 g/mol. The molecule has 0 radical (unpaired) electrons. The molecule has 0 aliphatic carbocycles. The number of aromatic amines is 1. The molecule has 2 N–H and O–H groups in total. The number of nitrogens with one attached hydrogen (secondary N) is 2. The van der Waals surface area contributed by atoms with Gasteiger partial charge in [0.1, 0.15) is 11.6 Å². The van der Waals surface area contributed by atoms with E-state index < -0.39 is 10.0 Å². The Kier molecular flexibility index (Phi) is 7.25. The number of carbonyl (C=O) groups excluding carboxylic acids is 1. The molecule has 3 aromatic carbocycles. The fraction of sp³-hybridized carbons (Fsp3) is 0.286. The SMILES string of the molecule is CCOc1ccc(CC(=O)Nc2ccc(S(=O)(=O)N3CCC(c4nc5ccccc5[nH]4)CC3)cc2)cc1. The molecule has 9 heteroatoms. The van der Waals surface area contributed by atoms with Crippen molar-refractivity contribution in [2.75, 3.05) is 25.0 Å². The monoisotopic (exact) mass is 518 g/mol. The summed E-state index contributed by atoms with van der Waals surface area (Å²) in [7, 11) is -3.62. The lowest BCUT2D eigenvalue weighted by Crippen LogP contribution is -2.38. The maximum Gasteiger partial charge on any atom is 0.243 e. The predicted octanol–water partition coefficient (Wildman–Crippen LogP) is 4.71. The first-order valence-electron chi connectivity index (χ1n) is 12.5. The van der Waals surface area contributed by atoms with Crippen LogP contribution in [-0.2, 0) is 21.2 Å². The molecule has 1 aliphatic heterocycles. The van der Waals surface area contributed by atoms with E-state index in [1.807, 2.05) is 55.5 Å². The fourth-order valence-electron chi connectivity index (χ4n) is 4.66. The van der Waals surface area contributed by atoms with Crippen LogP contribution in [-0.4, -0.2) is 48.3 Å². The molecule has 192 valence electrons. The third-order valence-corrected chi connectivity index (χ3v) is 8.54. The summed E-state index contributed by atoms with van der Waals surface area (Å²) in [4.78, 5) is 20.7. The number of H-pyrrole nitrogens is 1. The molecule has 5 rings (SSSR count). The lowest BCUT2D eigenvalue weighted by molar-refractivity contribution is -0.115. The van der Waals surface area contributed by atoms with E-state index in [4.69, 9.17) is 4.74 Å². The average Bonchev–Trinajstić information content (AvgIpc) is 3.35. The molecule has 1 aliphatic rings. The van der Waals surface area contributed by atoms with Crippen molar-refractivity contribution in [3.05, 3.63) is 84.2 Å². The number of imidazole rings is 1. The highest BCUT2D eigenvalue weighted by atomic mass is 32.2. The standard InChI is InChI=1S/C28H30N4O4S/c1-2-36-23-11-7-20(8-12-23)19-27(33)29-22-9-13-24(14-10-22)37(34,35)32-17-15-21(16-18-32)28-30-25-5-3-4-6-26(25)31-28/h3-14,21H,2,15-19H2,1H3,(H,29,33)(H,30,31). The van der Waals surface area contributed by atoms with E-state index >= 15 is 0 Å². The van der Waals surface area contributed by atoms with Crippen LogP contribution in [0.15, 0.2) is 77.7 Å². The number of ether oxygens (including phenoxy) is 1. The molecule has 37 heavy (non-hydrogen) atoms. The number of hydrogen-bond acceptors (Lipinski definition) is 5. The Labute approximate surface area is 216 Å². The molecule has 1 saturated heterocycles. The smallest absolute Gasteiger partial charge is 0.243 e. The molecular formula is C28H30N4O4S. The second-order valence-corrected chi connectivity index (χ2v) is 11.1. The Hall–Kier alpha value is -3.69. The van der Waals surface area contributed by atoms with Gasteiger partial charge in [-0.05, 0) is 73.9 Å². The van der Waals surface area contributed by atoms with Gasteiger partial charge in [-0.1, -0.05) is 24.3 Å². The maximum atomic E-state index is 13.2. The molecule has 0 unspecified atom stereocenters. The van der Waals surface area contributed by atoms with Crippen LogP contribution in [0.4, 0.5) is 5.69 Å². The quantitative estimate of drug-likeness (QED) is 0.352. The zero-order valence-corrected chi connectivity index (χ0v) is 21.5. The van der Waals surface area contributed by atoms with Gasteiger partial charge in [-0.25, -0.2) is 13.4 Å². The van der Waals surface area contributed by atoms with Gasteiger partial charge in [0.05, 0.1) is 29.0 Å². The minimum absolute atomic E-state index is 0.174. The molecule has 1 fully saturated rings. The van der Waals surface area contributed by atoms with E-state index in [-0.39, 0.29) is 23.1 Å². The number of anilines is 1. The lowest BCUT2D eigenvalue weighted by Gasteiger charge is -2.30. The summed E-state index contributed by atoms with van der Waals surface area (Å²) in [6.45, 7) is 3.38. The predicted molar refractivity (Wildman–Crippen MR) is 143 cm³/mol. The van der Waals surface area contributed by atoms with Crippen LogP contribution in [0, 0.1) is 0 Å². The molecule has 0 bridgehead atoms. The summed E-state index contributed by atoms with van der Waals surface area (Å²) < 4.78 is 33.4. The number of sulfonamides is 1. The van der Waals surface area contributed by atoms with Crippen LogP contribution in [0.1, 0.15) is 37.1 Å². The van der Waals surface area contributed by atoms with Crippen molar-refractivity contribution >= 4 is 32.7 Å². The summed E-state index contributed by atoms with van der Waals surface area (Å²) >= 11 is 0. The first-order chi connectivity index (χ1) is 17.9. The van der Waals surface area contributed by atoms with Gasteiger partial charge in [0, 0.05) is 24.7 Å². The van der Waals surface area contributed by atoms with Crippen LogP contribution in [0.3, 0.4) is 0 Å². The largest absolute Gasteiger partial charge is 0.494 e. The maximum absolute atomic E-state index is 13.2. The highest BCUT2D eigenvalue weighted by Crippen LogP contribution is 2.30. The summed E-state index contributed by atoms with van der Waals surface area (Å²) in [5, 5.41) is 2.83. The van der Waals surface area contributed by atoms with Crippen LogP contribution in [0.5, 0.6) is 5.75 Å². The zero-order chi connectivity index (χ0) is 25.8. The number of rotatable bonds is 8. The van der Waals surface area contributed by atoms with Gasteiger partial charge in [-0.15, -0.1) is 0 Å². The van der Waals surface area contributed by atoms with Crippen molar-refractivity contribution in [3.63, 3.8) is 0 Å². The normalized spacial score (nSPS) is 15.1. The molecule has 0 saturated carbocycles. The fourth-order valence-corrected chi connectivity index (χ4v) is 6.13. The summed E-state index contributed by atoms with van der Waals surface area (Å²) in [5.74, 6) is 1.71. The molecule has 2 heterocycles. The second-order valence-electron chi connectivity index (χ2n) is 9.14. The van der Waals surface area contributed by atoms with Gasteiger partial charge in [-0.3, -0.25) is 4.79 Å². The van der Waals surface area contributed by atoms with Crippen LogP contribution < -0.4 is 10.1 Å². The van der Waals surface area contributed by atoms with Crippen LogP contribution >= 0.6 is 0 Å². The highest BCUT2D eigenvalue weighted by molar-refractivity contribution is 7.89. The third-order valence-electron chi connectivity index (χ3n) is 6.62. The van der Waals surface area contributed by atoms with Crippen molar-refractivity contribution in [1.29, 1.82) is 0 Å². The topological polar surface area (TPSA) is 104 Å². The third kappa shape index (κ3) is 5.68. The first-order valence-corrected chi connectivity index (χ1v) is 13.9. The van der Waals surface area contributed by atoms with E-state index in [1.165, 1.54) is 4.31 Å². The number of hydrogen-bond donors (Lipinski definition) is 2. The number of carbonyl (C=O) groups is 1. The van der Waals surface area contributed by atoms with E-state index in [9.17, 15) is 13.2 Å². The molecule has 4 aromatic rings. The first kappa shape index (κ1) is 25.0. The molecule has 0 spiro atoms. The number of fused-ring (bicyclic) bond motifs is 1. The van der Waals surface area contributed by atoms with E-state index in [0.29, 0.717) is 38.2 Å². The Bertz CT molecular complexity index is 1440. The van der Waals surface area contributed by atoms with Crippen LogP contribution in [0.25, 0.3) is 11.0 Å². The molecule has 1 amide bonds. The number of benzene rings is 3. The minimum Gasteiger partial charge on any atom is -0.494 e. The molecule has 8 nitrogen and oxygen atoms in total. The summed E-state index contributed by atoms with van der Waals surface area (Å²) in [6, 6.07) is 21.7. The van der Waals surface area contributed by atoms with E-state index in [0.717, 1.165) is 28.2 Å². The molecule has 0 atom stereocenters. The Morgan fingerprint density at radius 3 is 2.41 bits per heavy atom. The van der Waals surface area contributed by atoms with Gasteiger partial charge in [0.15, 0.2) is 0 Å². The Balaban J connectivity index is 1.17. The highest BCUT2D eigenvalue weighted by Gasteiger charge is 2.31. The second kappa shape index (κ2) is 10.7. The van der Waals surface area contributed by atoms with Gasteiger partial charge in [-0.2, -0.15) is 4.31 Å². The number of para-hydroxylation sites is 2. The van der Waals surface area contributed by atoms with Crippen molar-refractivity contribution < 1.29 is 17.9 Å². The lowest BCUT2D eigenvalue weighted by atomic mass is 9.97. The van der Waals surface area contributed by atoms with Gasteiger partial charge in [0.25, 0.3) is 0 Å². The van der Waals surface area contributed by atoms with E-state index in [2.05, 4.69) is 15.3 Å². The minimum atomic E-state index is -3.62.